The number of anilines is 1. The van der Waals surface area contributed by atoms with E-state index in [0.29, 0.717) is 29.1 Å². The number of aryl methyl sites for hydroxylation is 1. The Hall–Kier alpha value is -1.76. The van der Waals surface area contributed by atoms with Crippen LogP contribution in [0.4, 0.5) is 5.69 Å². The van der Waals surface area contributed by atoms with Crippen LogP contribution >= 0.6 is 11.5 Å². The zero-order valence-corrected chi connectivity index (χ0v) is 12.9. The van der Waals surface area contributed by atoms with E-state index in [1.807, 2.05) is 0 Å². The van der Waals surface area contributed by atoms with E-state index in [0.717, 1.165) is 11.3 Å². The molecule has 0 saturated carbocycles. The van der Waals surface area contributed by atoms with Crippen molar-refractivity contribution in [3.05, 3.63) is 11.3 Å². The van der Waals surface area contributed by atoms with Crippen molar-refractivity contribution >= 4 is 33.5 Å². The van der Waals surface area contributed by atoms with Crippen molar-refractivity contribution in [3.8, 4) is 0 Å². The van der Waals surface area contributed by atoms with Crippen LogP contribution in [0.3, 0.4) is 0 Å². The zero-order valence-electron chi connectivity index (χ0n) is 12.1. The van der Waals surface area contributed by atoms with E-state index in [9.17, 15) is 4.79 Å². The number of hydrogen-bond acceptors (Lipinski definition) is 7. The van der Waals surface area contributed by atoms with Crippen LogP contribution in [0.5, 0.6) is 0 Å². The van der Waals surface area contributed by atoms with Crippen molar-refractivity contribution in [3.63, 3.8) is 0 Å². The van der Waals surface area contributed by atoms with Crippen LogP contribution < -0.4 is 5.32 Å². The third kappa shape index (κ3) is 2.72. The second kappa shape index (κ2) is 6.13. The Labute approximate surface area is 121 Å². The van der Waals surface area contributed by atoms with Crippen molar-refractivity contribution in [1.82, 2.24) is 14.6 Å². The summed E-state index contributed by atoms with van der Waals surface area (Å²) in [5, 5.41) is 7.42. The molecule has 0 bridgehead atoms. The highest BCUT2D eigenvalue weighted by atomic mass is 32.1. The molecular weight excluding hydrogens is 276 g/mol. The first-order valence-electron chi connectivity index (χ1n) is 6.64. The maximum Gasteiger partial charge on any atom is 0.342 e. The van der Waals surface area contributed by atoms with Gasteiger partial charge in [-0.3, -0.25) is 0 Å². The molecule has 2 aromatic rings. The van der Waals surface area contributed by atoms with Crippen molar-refractivity contribution in [2.24, 2.45) is 0 Å². The van der Waals surface area contributed by atoms with Crippen LogP contribution in [0.15, 0.2) is 0 Å². The summed E-state index contributed by atoms with van der Waals surface area (Å²) in [7, 11) is 0. The molecular formula is C13H18N4O2S. The summed E-state index contributed by atoms with van der Waals surface area (Å²) in [5.74, 6) is -0.377. The number of ether oxygens (including phenoxy) is 1. The van der Waals surface area contributed by atoms with Gasteiger partial charge in [0.05, 0.1) is 18.0 Å². The van der Waals surface area contributed by atoms with E-state index < -0.39 is 0 Å². The van der Waals surface area contributed by atoms with Gasteiger partial charge in [0.25, 0.3) is 0 Å². The van der Waals surface area contributed by atoms with Gasteiger partial charge in [-0.1, -0.05) is 11.4 Å². The number of rotatable bonds is 5. The Morgan fingerprint density at radius 3 is 2.85 bits per heavy atom. The van der Waals surface area contributed by atoms with Crippen molar-refractivity contribution < 1.29 is 9.53 Å². The Morgan fingerprint density at radius 1 is 1.45 bits per heavy atom. The summed E-state index contributed by atoms with van der Waals surface area (Å²) < 4.78 is 9.05. The Morgan fingerprint density at radius 2 is 2.20 bits per heavy atom. The SMILES string of the molecule is CCOC(=O)c1c(C)nc2snnc2c1NC(C)CC. The molecule has 0 amide bonds. The number of hydrogen-bond donors (Lipinski definition) is 1. The molecule has 0 aliphatic rings. The highest BCUT2D eigenvalue weighted by Crippen LogP contribution is 2.30. The summed E-state index contributed by atoms with van der Waals surface area (Å²) >= 11 is 1.22. The van der Waals surface area contributed by atoms with Crippen LogP contribution in [0.1, 0.15) is 43.2 Å². The van der Waals surface area contributed by atoms with Crippen LogP contribution in [0, 0.1) is 6.92 Å². The molecule has 0 aliphatic heterocycles. The first kappa shape index (κ1) is 14.6. The van der Waals surface area contributed by atoms with Crippen molar-refractivity contribution in [2.75, 3.05) is 11.9 Å². The Kier molecular flexibility index (Phi) is 4.49. The monoisotopic (exact) mass is 294 g/mol. The lowest BCUT2D eigenvalue weighted by Gasteiger charge is -2.17. The van der Waals surface area contributed by atoms with Gasteiger partial charge in [0.2, 0.25) is 0 Å². The van der Waals surface area contributed by atoms with Gasteiger partial charge in [0.1, 0.15) is 11.1 Å². The van der Waals surface area contributed by atoms with Gasteiger partial charge in [0, 0.05) is 17.6 Å². The molecule has 1 atom stereocenters. The molecule has 7 heteroatoms. The second-order valence-corrected chi connectivity index (χ2v) is 5.28. The van der Waals surface area contributed by atoms with Gasteiger partial charge in [-0.15, -0.1) is 5.10 Å². The predicted molar refractivity (Wildman–Crippen MR) is 79.3 cm³/mol. The molecule has 0 aromatic carbocycles. The van der Waals surface area contributed by atoms with Gasteiger partial charge in [-0.25, -0.2) is 9.78 Å². The maximum absolute atomic E-state index is 12.2. The normalized spacial score (nSPS) is 12.4. The van der Waals surface area contributed by atoms with Gasteiger partial charge >= 0.3 is 5.97 Å². The summed E-state index contributed by atoms with van der Waals surface area (Å²) in [4.78, 5) is 17.3. The highest BCUT2D eigenvalue weighted by molar-refractivity contribution is 7.12. The molecule has 2 rings (SSSR count). The lowest BCUT2D eigenvalue weighted by Crippen LogP contribution is -2.19. The third-order valence-corrected chi connectivity index (χ3v) is 3.69. The van der Waals surface area contributed by atoms with E-state index >= 15 is 0 Å². The maximum atomic E-state index is 12.2. The quantitative estimate of drug-likeness (QED) is 0.854. The molecule has 2 aromatic heterocycles. The number of aromatic nitrogens is 3. The van der Waals surface area contributed by atoms with E-state index in [1.54, 1.807) is 13.8 Å². The van der Waals surface area contributed by atoms with Crippen LogP contribution in [-0.4, -0.2) is 33.2 Å². The molecule has 1 unspecified atom stereocenters. The first-order valence-corrected chi connectivity index (χ1v) is 7.42. The fourth-order valence-electron chi connectivity index (χ4n) is 1.87. The largest absolute Gasteiger partial charge is 0.462 e. The highest BCUT2D eigenvalue weighted by Gasteiger charge is 2.23. The number of esters is 1. The number of carbonyl (C=O) groups excluding carboxylic acids is 1. The van der Waals surface area contributed by atoms with Gasteiger partial charge in [-0.05, 0) is 27.2 Å². The number of nitrogens with zero attached hydrogens (tertiary/aromatic N) is 3. The molecule has 0 radical (unpaired) electrons. The fraction of sp³-hybridized carbons (Fsp3) is 0.538. The number of nitrogens with one attached hydrogen (secondary N) is 1. The Balaban J connectivity index is 2.60. The predicted octanol–water partition coefficient (Wildman–Crippen LogP) is 2.78. The topological polar surface area (TPSA) is 77.0 Å². The van der Waals surface area contributed by atoms with Gasteiger partial charge in [0.15, 0.2) is 4.83 Å². The van der Waals surface area contributed by atoms with Gasteiger partial charge in [-0.2, -0.15) is 0 Å². The van der Waals surface area contributed by atoms with Crippen molar-refractivity contribution in [1.29, 1.82) is 0 Å². The van der Waals surface area contributed by atoms with Crippen LogP contribution in [0.2, 0.25) is 0 Å². The second-order valence-electron chi connectivity index (χ2n) is 4.55. The van der Waals surface area contributed by atoms with Crippen molar-refractivity contribution in [2.45, 2.75) is 40.2 Å². The number of pyridine rings is 1. The molecule has 0 saturated heterocycles. The van der Waals surface area contributed by atoms with Gasteiger partial charge < -0.3 is 10.1 Å². The molecule has 20 heavy (non-hydrogen) atoms. The van der Waals surface area contributed by atoms with E-state index in [2.05, 4.69) is 33.7 Å². The molecule has 1 N–H and O–H groups in total. The third-order valence-electron chi connectivity index (χ3n) is 3.07. The average Bonchev–Trinajstić information content (AvgIpc) is 2.86. The minimum absolute atomic E-state index is 0.217. The summed E-state index contributed by atoms with van der Waals surface area (Å²) in [6.45, 7) is 8.04. The van der Waals surface area contributed by atoms with E-state index in [1.165, 1.54) is 11.5 Å². The molecule has 0 aliphatic carbocycles. The summed E-state index contributed by atoms with van der Waals surface area (Å²) in [5.41, 5.74) is 2.39. The van der Waals surface area contributed by atoms with Crippen LogP contribution in [0.25, 0.3) is 10.3 Å². The minimum atomic E-state index is -0.377. The molecule has 6 nitrogen and oxygen atoms in total. The molecule has 0 fully saturated rings. The Bertz CT molecular complexity index is 626. The lowest BCUT2D eigenvalue weighted by molar-refractivity contribution is 0.0526. The summed E-state index contributed by atoms with van der Waals surface area (Å²) in [6, 6.07) is 0.217. The number of fused-ring (bicyclic) bond motifs is 1. The fourth-order valence-corrected chi connectivity index (χ4v) is 2.47. The zero-order chi connectivity index (χ0) is 14.7. The van der Waals surface area contributed by atoms with E-state index in [4.69, 9.17) is 4.74 Å². The smallest absolute Gasteiger partial charge is 0.342 e. The summed E-state index contributed by atoms with van der Waals surface area (Å²) in [6.07, 6.45) is 0.933. The molecule has 2 heterocycles. The van der Waals surface area contributed by atoms with E-state index in [-0.39, 0.29) is 12.0 Å². The average molecular weight is 294 g/mol. The standard InChI is InChI=1S/C13H18N4O2S/c1-5-7(3)14-10-9(13(18)19-6-2)8(4)15-12-11(10)16-17-20-12/h7H,5-6H2,1-4H3,(H,14,15). The first-order chi connectivity index (χ1) is 9.58. The lowest BCUT2D eigenvalue weighted by atomic mass is 10.1. The number of carbonyl (C=O) groups is 1. The molecule has 108 valence electrons. The van der Waals surface area contributed by atoms with Crippen LogP contribution in [-0.2, 0) is 4.74 Å². The minimum Gasteiger partial charge on any atom is -0.462 e. The molecule has 0 spiro atoms.